The number of ether oxygens (including phenoxy) is 1. The smallest absolute Gasteiger partial charge is 0.119 e. The molecule has 0 radical (unpaired) electrons. The molecule has 0 spiro atoms. The molecule has 1 N–H and O–H groups in total. The molecular weight excluding hydrogens is 266 g/mol. The Balaban J connectivity index is 1.78. The van der Waals surface area contributed by atoms with E-state index in [-0.39, 0.29) is 0 Å². The van der Waals surface area contributed by atoms with Crippen LogP contribution >= 0.6 is 11.8 Å². The van der Waals surface area contributed by atoms with Crippen molar-refractivity contribution in [2.24, 2.45) is 0 Å². The molecule has 110 valence electrons. The van der Waals surface area contributed by atoms with E-state index < -0.39 is 0 Å². The first kappa shape index (κ1) is 14.3. The van der Waals surface area contributed by atoms with Crippen molar-refractivity contribution >= 4 is 11.8 Å². The molecule has 2 aliphatic rings. The molecule has 0 aromatic heterocycles. The van der Waals surface area contributed by atoms with Gasteiger partial charge in [0.15, 0.2) is 0 Å². The highest BCUT2D eigenvalue weighted by Crippen LogP contribution is 2.42. The Labute approximate surface area is 126 Å². The average Bonchev–Trinajstić information content (AvgIpc) is 2.99. The zero-order chi connectivity index (χ0) is 13.9. The predicted molar refractivity (Wildman–Crippen MR) is 86.8 cm³/mol. The average molecular weight is 291 g/mol. The van der Waals surface area contributed by atoms with Gasteiger partial charge in [0.1, 0.15) is 5.75 Å². The second-order valence-electron chi connectivity index (χ2n) is 5.95. The Bertz CT molecular complexity index is 456. The highest BCUT2D eigenvalue weighted by Gasteiger charge is 2.31. The van der Waals surface area contributed by atoms with Crippen LogP contribution in [-0.2, 0) is 6.42 Å². The lowest BCUT2D eigenvalue weighted by Crippen LogP contribution is -2.33. The van der Waals surface area contributed by atoms with Gasteiger partial charge in [-0.1, -0.05) is 18.9 Å². The van der Waals surface area contributed by atoms with E-state index in [0.717, 1.165) is 16.2 Å². The minimum absolute atomic E-state index is 0.496. The maximum absolute atomic E-state index is 5.36. The summed E-state index contributed by atoms with van der Waals surface area (Å²) < 4.78 is 5.36. The van der Waals surface area contributed by atoms with Crippen LogP contribution in [-0.4, -0.2) is 24.7 Å². The van der Waals surface area contributed by atoms with Crippen LogP contribution in [0, 0.1) is 0 Å². The van der Waals surface area contributed by atoms with E-state index in [2.05, 4.69) is 42.3 Å². The summed E-state index contributed by atoms with van der Waals surface area (Å²) in [6.07, 6.45) is 8.19. The Morgan fingerprint density at radius 2 is 2.00 bits per heavy atom. The third-order valence-corrected chi connectivity index (χ3v) is 6.45. The lowest BCUT2D eigenvalue weighted by atomic mass is 9.87. The number of benzene rings is 1. The molecule has 2 atom stereocenters. The molecule has 0 heterocycles. The first-order valence-corrected chi connectivity index (χ1v) is 8.75. The summed E-state index contributed by atoms with van der Waals surface area (Å²) in [5, 5.41) is 5.18. The van der Waals surface area contributed by atoms with Crippen LogP contribution in [0.4, 0.5) is 0 Å². The van der Waals surface area contributed by atoms with Gasteiger partial charge in [0.05, 0.1) is 7.11 Å². The summed E-state index contributed by atoms with van der Waals surface area (Å²) in [6.45, 7) is 0. The molecular formula is C17H25NOS. The van der Waals surface area contributed by atoms with Gasteiger partial charge >= 0.3 is 0 Å². The zero-order valence-electron chi connectivity index (χ0n) is 12.5. The number of aryl methyl sites for hydroxylation is 1. The predicted octanol–water partition coefficient (Wildman–Crippen LogP) is 3.95. The van der Waals surface area contributed by atoms with E-state index in [1.54, 1.807) is 7.11 Å². The molecule has 2 aliphatic carbocycles. The molecule has 1 aromatic carbocycles. The second-order valence-corrected chi connectivity index (χ2v) is 7.50. The maximum atomic E-state index is 5.36. The summed E-state index contributed by atoms with van der Waals surface area (Å²) in [4.78, 5) is 0. The number of thioether (sulfide) groups is 1. The van der Waals surface area contributed by atoms with Gasteiger partial charge in [-0.25, -0.2) is 0 Å². The van der Waals surface area contributed by atoms with Crippen LogP contribution in [0.1, 0.15) is 49.3 Å². The van der Waals surface area contributed by atoms with E-state index in [9.17, 15) is 0 Å². The molecule has 1 saturated carbocycles. The topological polar surface area (TPSA) is 21.3 Å². The van der Waals surface area contributed by atoms with Crippen molar-refractivity contribution in [1.82, 2.24) is 5.32 Å². The lowest BCUT2D eigenvalue weighted by molar-refractivity contribution is 0.412. The quantitative estimate of drug-likeness (QED) is 0.907. The number of hydrogen-bond acceptors (Lipinski definition) is 3. The molecule has 0 aliphatic heterocycles. The molecule has 1 fully saturated rings. The molecule has 2 unspecified atom stereocenters. The summed E-state index contributed by atoms with van der Waals surface area (Å²) in [6, 6.07) is 7.08. The van der Waals surface area contributed by atoms with Gasteiger partial charge in [-0.2, -0.15) is 11.8 Å². The van der Waals surface area contributed by atoms with Gasteiger partial charge in [-0.15, -0.1) is 0 Å². The van der Waals surface area contributed by atoms with Crippen LogP contribution < -0.4 is 10.1 Å². The monoisotopic (exact) mass is 291 g/mol. The standard InChI is InChI=1S/C17H25NOS/c1-18-17-15-9-8-13(19-2)11-12(15)7-10-16(17)20-14-5-3-4-6-14/h8-9,11,14,16-18H,3-7,10H2,1-2H3. The van der Waals surface area contributed by atoms with Crippen LogP contribution in [0.2, 0.25) is 0 Å². The van der Waals surface area contributed by atoms with Crippen molar-refractivity contribution in [3.05, 3.63) is 29.3 Å². The second kappa shape index (κ2) is 6.40. The van der Waals surface area contributed by atoms with Crippen molar-refractivity contribution in [3.8, 4) is 5.75 Å². The summed E-state index contributed by atoms with van der Waals surface area (Å²) in [7, 11) is 3.85. The highest BCUT2D eigenvalue weighted by molar-refractivity contribution is 8.00. The number of nitrogens with one attached hydrogen (secondary N) is 1. The Morgan fingerprint density at radius 1 is 1.20 bits per heavy atom. The highest BCUT2D eigenvalue weighted by atomic mass is 32.2. The lowest BCUT2D eigenvalue weighted by Gasteiger charge is -2.34. The maximum Gasteiger partial charge on any atom is 0.119 e. The van der Waals surface area contributed by atoms with Gasteiger partial charge in [0.25, 0.3) is 0 Å². The zero-order valence-corrected chi connectivity index (χ0v) is 13.3. The minimum Gasteiger partial charge on any atom is -0.497 e. The van der Waals surface area contributed by atoms with Crippen molar-refractivity contribution in [2.75, 3.05) is 14.2 Å². The SMILES string of the molecule is CNC1c2ccc(OC)cc2CCC1SC1CCCC1. The van der Waals surface area contributed by atoms with Crippen LogP contribution in [0.15, 0.2) is 18.2 Å². The fourth-order valence-electron chi connectivity index (χ4n) is 3.65. The fraction of sp³-hybridized carbons (Fsp3) is 0.647. The third-order valence-electron chi connectivity index (χ3n) is 4.74. The van der Waals surface area contributed by atoms with Crippen molar-refractivity contribution in [1.29, 1.82) is 0 Å². The summed E-state index contributed by atoms with van der Waals surface area (Å²) in [5.41, 5.74) is 2.95. The number of rotatable bonds is 4. The summed E-state index contributed by atoms with van der Waals surface area (Å²) >= 11 is 2.24. The first-order chi connectivity index (χ1) is 9.81. The van der Waals surface area contributed by atoms with E-state index in [4.69, 9.17) is 4.74 Å². The van der Waals surface area contributed by atoms with Gasteiger partial charge in [-0.05, 0) is 56.0 Å². The number of hydrogen-bond donors (Lipinski definition) is 1. The van der Waals surface area contributed by atoms with Gasteiger partial charge in [0, 0.05) is 16.5 Å². The van der Waals surface area contributed by atoms with E-state index in [1.165, 1.54) is 49.7 Å². The largest absolute Gasteiger partial charge is 0.497 e. The van der Waals surface area contributed by atoms with Crippen LogP contribution in [0.3, 0.4) is 0 Å². The van der Waals surface area contributed by atoms with Gasteiger partial charge < -0.3 is 10.1 Å². The molecule has 20 heavy (non-hydrogen) atoms. The van der Waals surface area contributed by atoms with Gasteiger partial charge in [0.2, 0.25) is 0 Å². The minimum atomic E-state index is 0.496. The molecule has 1 aromatic rings. The Hall–Kier alpha value is -0.670. The van der Waals surface area contributed by atoms with E-state index in [1.807, 2.05) is 0 Å². The molecule has 3 heteroatoms. The molecule has 0 saturated heterocycles. The molecule has 0 bridgehead atoms. The van der Waals surface area contributed by atoms with Crippen molar-refractivity contribution < 1.29 is 4.74 Å². The Morgan fingerprint density at radius 3 is 2.70 bits per heavy atom. The normalized spacial score (nSPS) is 26.5. The molecule has 0 amide bonds. The van der Waals surface area contributed by atoms with Crippen molar-refractivity contribution in [3.63, 3.8) is 0 Å². The van der Waals surface area contributed by atoms with E-state index in [0.29, 0.717) is 6.04 Å². The van der Waals surface area contributed by atoms with Crippen LogP contribution in [0.5, 0.6) is 5.75 Å². The first-order valence-electron chi connectivity index (χ1n) is 7.81. The number of fused-ring (bicyclic) bond motifs is 1. The summed E-state index contributed by atoms with van der Waals surface area (Å²) in [5.74, 6) is 0.987. The fourth-order valence-corrected chi connectivity index (χ4v) is 5.45. The van der Waals surface area contributed by atoms with Crippen molar-refractivity contribution in [2.45, 2.75) is 55.1 Å². The molecule has 2 nitrogen and oxygen atoms in total. The van der Waals surface area contributed by atoms with Crippen LogP contribution in [0.25, 0.3) is 0 Å². The Kier molecular flexibility index (Phi) is 4.57. The number of methoxy groups -OCH3 is 1. The van der Waals surface area contributed by atoms with Gasteiger partial charge in [-0.3, -0.25) is 0 Å². The molecule has 3 rings (SSSR count). The van der Waals surface area contributed by atoms with E-state index >= 15 is 0 Å². The third kappa shape index (κ3) is 2.84.